The van der Waals surface area contributed by atoms with Gasteiger partial charge in [0.2, 0.25) is 0 Å². The first-order valence-corrected chi connectivity index (χ1v) is 6.89. The summed E-state index contributed by atoms with van der Waals surface area (Å²) in [6, 6.07) is 10.6. The highest BCUT2D eigenvalue weighted by atomic mass is 79.9. The van der Waals surface area contributed by atoms with Crippen LogP contribution in [0, 0.1) is 11.3 Å². The van der Waals surface area contributed by atoms with Crippen molar-refractivity contribution in [2.75, 3.05) is 23.8 Å². The summed E-state index contributed by atoms with van der Waals surface area (Å²) in [5.41, 5.74) is 1.63. The highest BCUT2D eigenvalue weighted by molar-refractivity contribution is 9.09. The van der Waals surface area contributed by atoms with Crippen molar-refractivity contribution < 1.29 is 0 Å². The Morgan fingerprint density at radius 1 is 1.19 bits per heavy atom. The number of hydrogen-bond donors (Lipinski definition) is 0. The van der Waals surface area contributed by atoms with Crippen LogP contribution in [0.3, 0.4) is 0 Å². The van der Waals surface area contributed by atoms with E-state index in [1.54, 1.807) is 0 Å². The maximum Gasteiger partial charge on any atom is 0.0363 e. The van der Waals surface area contributed by atoms with Crippen molar-refractivity contribution in [2.45, 2.75) is 20.8 Å². The van der Waals surface area contributed by atoms with Crippen molar-refractivity contribution >= 4 is 21.6 Å². The molecule has 0 fully saturated rings. The minimum atomic E-state index is 0.340. The first kappa shape index (κ1) is 13.6. The van der Waals surface area contributed by atoms with Crippen molar-refractivity contribution in [3.63, 3.8) is 0 Å². The summed E-state index contributed by atoms with van der Waals surface area (Å²) in [6.07, 6.45) is 0. The molecule has 0 spiro atoms. The highest BCUT2D eigenvalue weighted by Crippen LogP contribution is 2.29. The third kappa shape index (κ3) is 3.82. The molecule has 0 aliphatic heterocycles. The Hall–Kier alpha value is -0.500. The van der Waals surface area contributed by atoms with Gasteiger partial charge in [-0.2, -0.15) is 0 Å². The van der Waals surface area contributed by atoms with Crippen LogP contribution in [0.15, 0.2) is 30.3 Å². The quantitative estimate of drug-likeness (QED) is 0.750. The van der Waals surface area contributed by atoms with Crippen LogP contribution in [-0.4, -0.2) is 18.9 Å². The van der Waals surface area contributed by atoms with Crippen molar-refractivity contribution in [2.24, 2.45) is 11.3 Å². The molecule has 1 nitrogen and oxygen atoms in total. The van der Waals surface area contributed by atoms with Crippen LogP contribution < -0.4 is 4.90 Å². The van der Waals surface area contributed by atoms with Crippen LogP contribution in [0.5, 0.6) is 0 Å². The summed E-state index contributed by atoms with van der Waals surface area (Å²) < 4.78 is 0. The largest absolute Gasteiger partial charge is 0.374 e. The molecule has 0 radical (unpaired) electrons. The SMILES string of the molecule is CN(CC(CBr)C(C)(C)C)c1ccccc1. The van der Waals surface area contributed by atoms with Gasteiger partial charge in [-0.15, -0.1) is 0 Å². The monoisotopic (exact) mass is 283 g/mol. The summed E-state index contributed by atoms with van der Waals surface area (Å²) in [5.74, 6) is 0.651. The van der Waals surface area contributed by atoms with Crippen molar-refractivity contribution in [3.05, 3.63) is 30.3 Å². The number of halogens is 1. The first-order chi connectivity index (χ1) is 7.45. The van der Waals surface area contributed by atoms with Gasteiger partial charge in [-0.05, 0) is 23.5 Å². The normalized spacial score (nSPS) is 13.6. The third-order valence-electron chi connectivity index (χ3n) is 3.10. The minimum Gasteiger partial charge on any atom is -0.374 e. The van der Waals surface area contributed by atoms with Crippen LogP contribution >= 0.6 is 15.9 Å². The molecule has 0 saturated carbocycles. The molecule has 1 unspecified atom stereocenters. The summed E-state index contributed by atoms with van der Waals surface area (Å²) in [6.45, 7) is 7.99. The first-order valence-electron chi connectivity index (χ1n) is 5.77. The van der Waals surface area contributed by atoms with E-state index >= 15 is 0 Å². The molecule has 1 aromatic rings. The van der Waals surface area contributed by atoms with E-state index in [0.29, 0.717) is 11.3 Å². The Bertz CT molecular complexity index is 302. The predicted octanol–water partition coefficient (Wildman–Crippen LogP) is 4.18. The smallest absolute Gasteiger partial charge is 0.0363 e. The molecule has 0 aliphatic carbocycles. The Balaban J connectivity index is 2.67. The van der Waals surface area contributed by atoms with Crippen LogP contribution in [0.4, 0.5) is 5.69 Å². The molecule has 0 aromatic heterocycles. The molecule has 0 amide bonds. The second kappa shape index (κ2) is 5.72. The van der Waals surface area contributed by atoms with Gasteiger partial charge < -0.3 is 4.90 Å². The van der Waals surface area contributed by atoms with Gasteiger partial charge in [0.15, 0.2) is 0 Å². The molecule has 1 atom stereocenters. The number of para-hydroxylation sites is 1. The molecule has 1 aromatic carbocycles. The molecule has 0 N–H and O–H groups in total. The zero-order chi connectivity index (χ0) is 12.2. The molecular weight excluding hydrogens is 262 g/mol. The van der Waals surface area contributed by atoms with Gasteiger partial charge in [-0.1, -0.05) is 54.9 Å². The van der Waals surface area contributed by atoms with Crippen molar-refractivity contribution in [3.8, 4) is 0 Å². The van der Waals surface area contributed by atoms with Crippen molar-refractivity contribution in [1.29, 1.82) is 0 Å². The maximum absolute atomic E-state index is 3.63. The molecule has 0 bridgehead atoms. The second-order valence-corrected chi connectivity index (χ2v) is 6.08. The lowest BCUT2D eigenvalue weighted by Crippen LogP contribution is -2.34. The van der Waals surface area contributed by atoms with E-state index in [0.717, 1.165) is 11.9 Å². The zero-order valence-electron chi connectivity index (χ0n) is 10.7. The molecule has 1 rings (SSSR count). The molecule has 90 valence electrons. The van der Waals surface area contributed by atoms with Gasteiger partial charge in [0.05, 0.1) is 0 Å². The molecule has 0 saturated heterocycles. The highest BCUT2D eigenvalue weighted by Gasteiger charge is 2.24. The zero-order valence-corrected chi connectivity index (χ0v) is 12.3. The Kier molecular flexibility index (Phi) is 4.85. The second-order valence-electron chi connectivity index (χ2n) is 5.43. The number of benzene rings is 1. The molecule has 0 heterocycles. The summed E-state index contributed by atoms with van der Waals surface area (Å²) >= 11 is 3.63. The average Bonchev–Trinajstić information content (AvgIpc) is 2.25. The van der Waals surface area contributed by atoms with Crippen LogP contribution in [0.25, 0.3) is 0 Å². The fourth-order valence-corrected chi connectivity index (χ4v) is 2.85. The van der Waals surface area contributed by atoms with E-state index in [1.807, 2.05) is 0 Å². The number of anilines is 1. The number of nitrogens with zero attached hydrogens (tertiary/aromatic N) is 1. The van der Waals surface area contributed by atoms with E-state index in [9.17, 15) is 0 Å². The van der Waals surface area contributed by atoms with E-state index in [2.05, 4.69) is 79.0 Å². The Morgan fingerprint density at radius 3 is 2.19 bits per heavy atom. The van der Waals surface area contributed by atoms with Gasteiger partial charge in [0.25, 0.3) is 0 Å². The molecule has 2 heteroatoms. The van der Waals surface area contributed by atoms with Gasteiger partial charge in [-0.25, -0.2) is 0 Å². The standard InChI is InChI=1S/C14H22BrN/c1-14(2,3)12(10-15)11-16(4)13-8-6-5-7-9-13/h5-9,12H,10-11H2,1-4H3. The summed E-state index contributed by atoms with van der Waals surface area (Å²) in [5, 5.41) is 1.05. The molecular formula is C14H22BrN. The Labute approximate surface area is 108 Å². The minimum absolute atomic E-state index is 0.340. The van der Waals surface area contributed by atoms with E-state index < -0.39 is 0 Å². The van der Waals surface area contributed by atoms with Gasteiger partial charge in [0, 0.05) is 24.6 Å². The van der Waals surface area contributed by atoms with E-state index in [4.69, 9.17) is 0 Å². The van der Waals surface area contributed by atoms with Gasteiger partial charge in [0.1, 0.15) is 0 Å². The van der Waals surface area contributed by atoms with Crippen LogP contribution in [0.1, 0.15) is 20.8 Å². The lowest BCUT2D eigenvalue weighted by atomic mass is 9.82. The maximum atomic E-state index is 3.63. The number of hydrogen-bond acceptors (Lipinski definition) is 1. The molecule has 0 aliphatic rings. The molecule has 16 heavy (non-hydrogen) atoms. The average molecular weight is 284 g/mol. The van der Waals surface area contributed by atoms with Crippen LogP contribution in [0.2, 0.25) is 0 Å². The topological polar surface area (TPSA) is 3.24 Å². The fourth-order valence-electron chi connectivity index (χ4n) is 1.67. The number of rotatable bonds is 4. The lowest BCUT2D eigenvalue weighted by Gasteiger charge is -2.33. The van der Waals surface area contributed by atoms with Crippen molar-refractivity contribution in [1.82, 2.24) is 0 Å². The number of alkyl halides is 1. The fraction of sp³-hybridized carbons (Fsp3) is 0.571. The summed E-state index contributed by atoms with van der Waals surface area (Å²) in [4.78, 5) is 2.33. The van der Waals surface area contributed by atoms with Gasteiger partial charge in [-0.3, -0.25) is 0 Å². The van der Waals surface area contributed by atoms with E-state index in [1.165, 1.54) is 5.69 Å². The Morgan fingerprint density at radius 2 is 1.75 bits per heavy atom. The predicted molar refractivity (Wildman–Crippen MR) is 76.5 cm³/mol. The lowest BCUT2D eigenvalue weighted by molar-refractivity contribution is 0.273. The third-order valence-corrected chi connectivity index (χ3v) is 3.88. The van der Waals surface area contributed by atoms with Crippen LogP contribution in [-0.2, 0) is 0 Å². The van der Waals surface area contributed by atoms with E-state index in [-0.39, 0.29) is 0 Å². The summed E-state index contributed by atoms with van der Waals surface area (Å²) in [7, 11) is 2.16. The van der Waals surface area contributed by atoms with Gasteiger partial charge >= 0.3 is 0 Å².